The molecule has 2 aliphatic rings. The SMILES string of the molecule is COc1ncc(N2CCc3ncnc(OC4CCN(C(=O)c5cn(CI)cn5)C4)c3C2)cc1C. The van der Waals surface area contributed by atoms with Crippen LogP contribution in [0.4, 0.5) is 5.69 Å². The number of nitrogens with zero attached hydrogens (tertiary/aromatic N) is 7. The quantitative estimate of drug-likeness (QED) is 0.327. The average Bonchev–Trinajstić information content (AvgIpc) is 3.53. The second-order valence-electron chi connectivity index (χ2n) is 8.47. The Morgan fingerprint density at radius 1 is 1.21 bits per heavy atom. The molecule has 0 N–H and O–H groups in total. The molecule has 0 spiro atoms. The number of aryl methyl sites for hydroxylation is 1. The maximum atomic E-state index is 12.8. The number of carbonyl (C=O) groups excluding carboxylic acids is 1. The van der Waals surface area contributed by atoms with Crippen LogP contribution in [0.25, 0.3) is 0 Å². The van der Waals surface area contributed by atoms with Crippen LogP contribution >= 0.6 is 22.6 Å². The predicted molar refractivity (Wildman–Crippen MR) is 133 cm³/mol. The van der Waals surface area contributed by atoms with Gasteiger partial charge in [0.25, 0.3) is 5.91 Å². The summed E-state index contributed by atoms with van der Waals surface area (Å²) in [5, 5.41) is 0. The van der Waals surface area contributed by atoms with Crippen molar-refractivity contribution in [1.29, 1.82) is 0 Å². The lowest BCUT2D eigenvalue weighted by Crippen LogP contribution is -2.33. The van der Waals surface area contributed by atoms with Crippen molar-refractivity contribution < 1.29 is 14.3 Å². The van der Waals surface area contributed by atoms with E-state index in [2.05, 4.69) is 53.5 Å². The highest BCUT2D eigenvalue weighted by Gasteiger charge is 2.31. The van der Waals surface area contributed by atoms with Gasteiger partial charge in [0, 0.05) is 37.7 Å². The number of imidazole rings is 1. The second kappa shape index (κ2) is 9.72. The summed E-state index contributed by atoms with van der Waals surface area (Å²) in [6.07, 6.45) is 8.31. The van der Waals surface area contributed by atoms with Gasteiger partial charge in [-0.1, -0.05) is 22.6 Å². The third-order valence-corrected chi connectivity index (χ3v) is 7.03. The summed E-state index contributed by atoms with van der Waals surface area (Å²) in [6, 6.07) is 2.08. The molecule has 178 valence electrons. The molecule has 1 amide bonds. The number of fused-ring (bicyclic) bond motifs is 1. The van der Waals surface area contributed by atoms with Crippen LogP contribution in [0.1, 0.15) is 33.7 Å². The van der Waals surface area contributed by atoms with Gasteiger partial charge in [-0.05, 0) is 13.0 Å². The maximum Gasteiger partial charge on any atom is 0.274 e. The molecule has 1 fully saturated rings. The van der Waals surface area contributed by atoms with Gasteiger partial charge in [0.1, 0.15) is 18.1 Å². The molecule has 0 radical (unpaired) electrons. The highest BCUT2D eigenvalue weighted by atomic mass is 127. The molecule has 1 atom stereocenters. The monoisotopic (exact) mass is 575 g/mol. The van der Waals surface area contributed by atoms with E-state index in [1.54, 1.807) is 30.9 Å². The van der Waals surface area contributed by atoms with Crippen LogP contribution in [-0.4, -0.2) is 68.2 Å². The summed E-state index contributed by atoms with van der Waals surface area (Å²) in [7, 11) is 1.63. The third kappa shape index (κ3) is 4.52. The van der Waals surface area contributed by atoms with E-state index in [9.17, 15) is 4.79 Å². The summed E-state index contributed by atoms with van der Waals surface area (Å²) in [5.41, 5.74) is 4.49. The molecule has 0 aromatic carbocycles. The van der Waals surface area contributed by atoms with Crippen LogP contribution in [0, 0.1) is 6.92 Å². The fraction of sp³-hybridized carbons (Fsp3) is 0.435. The molecule has 34 heavy (non-hydrogen) atoms. The number of ether oxygens (including phenoxy) is 2. The summed E-state index contributed by atoms with van der Waals surface area (Å²) >= 11 is 2.23. The van der Waals surface area contributed by atoms with Gasteiger partial charge < -0.3 is 23.8 Å². The number of likely N-dealkylation sites (tertiary alicyclic amines) is 1. The number of carbonyl (C=O) groups is 1. The molecule has 1 saturated heterocycles. The van der Waals surface area contributed by atoms with Crippen LogP contribution in [0.2, 0.25) is 0 Å². The zero-order valence-electron chi connectivity index (χ0n) is 19.1. The van der Waals surface area contributed by atoms with Crippen molar-refractivity contribution >= 4 is 34.2 Å². The third-order valence-electron chi connectivity index (χ3n) is 6.24. The Hall–Kier alpha value is -2.96. The van der Waals surface area contributed by atoms with Crippen molar-refractivity contribution in [3.05, 3.63) is 53.6 Å². The smallest absolute Gasteiger partial charge is 0.274 e. The molecule has 0 bridgehead atoms. The molecule has 1 unspecified atom stereocenters. The first-order valence-electron chi connectivity index (χ1n) is 11.2. The Morgan fingerprint density at radius 2 is 2.09 bits per heavy atom. The largest absolute Gasteiger partial charge is 0.481 e. The molecule has 10 nitrogen and oxygen atoms in total. The van der Waals surface area contributed by atoms with Gasteiger partial charge in [0.15, 0.2) is 0 Å². The highest BCUT2D eigenvalue weighted by Crippen LogP contribution is 2.31. The number of anilines is 1. The van der Waals surface area contributed by atoms with E-state index in [0.717, 1.165) is 46.4 Å². The van der Waals surface area contributed by atoms with Crippen molar-refractivity contribution in [2.45, 2.75) is 37.0 Å². The first-order chi connectivity index (χ1) is 16.6. The number of hydrogen-bond donors (Lipinski definition) is 0. The van der Waals surface area contributed by atoms with Crippen LogP contribution < -0.4 is 14.4 Å². The van der Waals surface area contributed by atoms with Crippen molar-refractivity contribution in [2.24, 2.45) is 0 Å². The second-order valence-corrected chi connectivity index (χ2v) is 9.15. The molecule has 11 heteroatoms. The molecular weight excluding hydrogens is 549 g/mol. The molecule has 0 saturated carbocycles. The standard InChI is InChI=1S/C23H26IN7O3/c1-15-7-16(8-25-21(15)33-2)30-6-4-19-18(10-30)22(27-13-26-19)34-17-3-5-31(9-17)23(32)20-11-29(12-24)14-28-20/h7-8,11,13-14,17H,3-6,9-10,12H2,1-2H3. The minimum absolute atomic E-state index is 0.0621. The van der Waals surface area contributed by atoms with Gasteiger partial charge in [-0.15, -0.1) is 0 Å². The summed E-state index contributed by atoms with van der Waals surface area (Å²) in [6.45, 7) is 4.62. The Labute approximate surface area is 211 Å². The van der Waals surface area contributed by atoms with E-state index >= 15 is 0 Å². The van der Waals surface area contributed by atoms with Gasteiger partial charge in [0.05, 0.1) is 54.2 Å². The number of alkyl halides is 1. The van der Waals surface area contributed by atoms with Crippen LogP contribution in [0.3, 0.4) is 0 Å². The van der Waals surface area contributed by atoms with Crippen molar-refractivity contribution in [1.82, 2.24) is 29.4 Å². The normalized spacial score (nSPS) is 17.6. The zero-order chi connectivity index (χ0) is 23.7. The van der Waals surface area contributed by atoms with E-state index < -0.39 is 0 Å². The van der Waals surface area contributed by atoms with E-state index in [-0.39, 0.29) is 12.0 Å². The first-order valence-corrected chi connectivity index (χ1v) is 12.7. The topological polar surface area (TPSA) is 98.5 Å². The maximum absolute atomic E-state index is 12.8. The minimum Gasteiger partial charge on any atom is -0.481 e. The lowest BCUT2D eigenvalue weighted by atomic mass is 10.1. The van der Waals surface area contributed by atoms with Gasteiger partial charge in [-0.2, -0.15) is 0 Å². The molecule has 3 aromatic heterocycles. The fourth-order valence-corrected chi connectivity index (χ4v) is 4.81. The Bertz CT molecular complexity index is 1200. The van der Waals surface area contributed by atoms with Crippen LogP contribution in [0.5, 0.6) is 11.8 Å². The van der Waals surface area contributed by atoms with E-state index in [1.807, 2.05) is 17.7 Å². The molecule has 5 heterocycles. The number of hydrogen-bond acceptors (Lipinski definition) is 8. The molecule has 3 aromatic rings. The molecule has 5 rings (SSSR count). The average molecular weight is 575 g/mol. The van der Waals surface area contributed by atoms with Crippen molar-refractivity contribution in [3.63, 3.8) is 0 Å². The number of amides is 1. The Morgan fingerprint density at radius 3 is 2.85 bits per heavy atom. The minimum atomic E-state index is -0.116. The van der Waals surface area contributed by atoms with Gasteiger partial charge in [0.2, 0.25) is 11.8 Å². The van der Waals surface area contributed by atoms with Gasteiger partial charge >= 0.3 is 0 Å². The molecular formula is C23H26IN7O3. The number of pyridine rings is 1. The van der Waals surface area contributed by atoms with Gasteiger partial charge in [-0.25, -0.2) is 19.9 Å². The predicted octanol–water partition coefficient (Wildman–Crippen LogP) is 2.63. The molecule has 2 aliphatic heterocycles. The summed E-state index contributed by atoms with van der Waals surface area (Å²) < 4.78 is 14.3. The highest BCUT2D eigenvalue weighted by molar-refractivity contribution is 14.1. The number of halogens is 1. The number of methoxy groups -OCH3 is 1. The Balaban J connectivity index is 1.28. The zero-order valence-corrected chi connectivity index (χ0v) is 21.3. The van der Waals surface area contributed by atoms with Crippen molar-refractivity contribution in [2.75, 3.05) is 31.6 Å². The number of rotatable bonds is 6. The van der Waals surface area contributed by atoms with Crippen LogP contribution in [-0.2, 0) is 17.5 Å². The fourth-order valence-electron chi connectivity index (χ4n) is 4.44. The summed E-state index contributed by atoms with van der Waals surface area (Å²) in [4.78, 5) is 34.5. The summed E-state index contributed by atoms with van der Waals surface area (Å²) in [5.74, 6) is 1.17. The lowest BCUT2D eigenvalue weighted by molar-refractivity contribution is 0.0765. The van der Waals surface area contributed by atoms with Gasteiger partial charge in [-0.3, -0.25) is 4.79 Å². The van der Waals surface area contributed by atoms with E-state index in [0.29, 0.717) is 37.1 Å². The number of aromatic nitrogens is 5. The lowest BCUT2D eigenvalue weighted by Gasteiger charge is -2.31. The van der Waals surface area contributed by atoms with Crippen LogP contribution in [0.15, 0.2) is 31.1 Å². The molecule has 0 aliphatic carbocycles. The Kier molecular flexibility index (Phi) is 6.53. The van der Waals surface area contributed by atoms with E-state index in [4.69, 9.17) is 9.47 Å². The van der Waals surface area contributed by atoms with E-state index in [1.165, 1.54) is 0 Å². The first kappa shape index (κ1) is 22.8. The van der Waals surface area contributed by atoms with Crippen molar-refractivity contribution in [3.8, 4) is 11.8 Å².